The first-order chi connectivity index (χ1) is 39.5. The molecule has 474 valence electrons. The number of unbranched alkanes of at least 4 members (excludes halogenated alkanes) is 54. The zero-order valence-electron chi connectivity index (χ0n) is 54.3. The van der Waals surface area contributed by atoms with Gasteiger partial charge in [-0.15, -0.1) is 0 Å². The van der Waals surface area contributed by atoms with Crippen molar-refractivity contribution >= 4 is 11.9 Å². The van der Waals surface area contributed by atoms with Crippen molar-refractivity contribution in [3.8, 4) is 0 Å². The molecule has 6 nitrogen and oxygen atoms in total. The van der Waals surface area contributed by atoms with Crippen LogP contribution in [0.4, 0.5) is 0 Å². The molecule has 0 heterocycles. The highest BCUT2D eigenvalue weighted by Crippen LogP contribution is 2.19. The molecule has 6 heteroatoms. The molecule has 0 aromatic heterocycles. The average molecular weight is 1130 g/mol. The molecule has 0 aliphatic carbocycles. The predicted octanol–water partition coefficient (Wildman–Crippen LogP) is 23.7. The molecule has 0 rings (SSSR count). The Morgan fingerprint density at radius 2 is 0.588 bits per heavy atom. The van der Waals surface area contributed by atoms with E-state index in [0.717, 1.165) is 38.5 Å². The fourth-order valence-corrected chi connectivity index (χ4v) is 11.6. The molecule has 1 amide bonds. The number of rotatable bonds is 69. The quantitative estimate of drug-likeness (QED) is 0.0320. The van der Waals surface area contributed by atoms with E-state index in [0.29, 0.717) is 25.9 Å². The van der Waals surface area contributed by atoms with Gasteiger partial charge in [0.15, 0.2) is 0 Å². The van der Waals surface area contributed by atoms with Crippen molar-refractivity contribution in [1.29, 1.82) is 0 Å². The fourth-order valence-electron chi connectivity index (χ4n) is 11.6. The van der Waals surface area contributed by atoms with Crippen LogP contribution in [0.3, 0.4) is 0 Å². The lowest BCUT2D eigenvalue weighted by Gasteiger charge is -2.22. The van der Waals surface area contributed by atoms with E-state index >= 15 is 0 Å². The fraction of sp³-hybridized carbons (Fsp3) is 0.919. The minimum atomic E-state index is -0.664. The Morgan fingerprint density at radius 3 is 0.887 bits per heavy atom. The third-order valence-corrected chi connectivity index (χ3v) is 17.2. The van der Waals surface area contributed by atoms with Gasteiger partial charge in [-0.2, -0.15) is 0 Å². The molecule has 0 saturated heterocycles. The van der Waals surface area contributed by atoms with Crippen molar-refractivity contribution in [3.63, 3.8) is 0 Å². The second-order valence-electron chi connectivity index (χ2n) is 25.3. The van der Waals surface area contributed by atoms with Crippen LogP contribution in [0.2, 0.25) is 0 Å². The maximum absolute atomic E-state index is 12.5. The minimum absolute atomic E-state index is 0.0163. The highest BCUT2D eigenvalue weighted by molar-refractivity contribution is 5.76. The molecule has 80 heavy (non-hydrogen) atoms. The Balaban J connectivity index is 3.36. The zero-order chi connectivity index (χ0) is 57.8. The summed E-state index contributed by atoms with van der Waals surface area (Å²) in [5, 5.41) is 23.4. The van der Waals surface area contributed by atoms with Gasteiger partial charge in [-0.25, -0.2) is 0 Å². The van der Waals surface area contributed by atoms with Crippen LogP contribution in [0.5, 0.6) is 0 Å². The van der Waals surface area contributed by atoms with Gasteiger partial charge in [-0.05, 0) is 77.0 Å². The van der Waals surface area contributed by atoms with Gasteiger partial charge >= 0.3 is 5.97 Å². The number of allylic oxidation sites excluding steroid dienone is 4. The summed E-state index contributed by atoms with van der Waals surface area (Å²) < 4.78 is 5.51. The van der Waals surface area contributed by atoms with Crippen LogP contribution in [-0.4, -0.2) is 47.4 Å². The maximum Gasteiger partial charge on any atom is 0.305 e. The first kappa shape index (κ1) is 78.3. The van der Waals surface area contributed by atoms with Crippen LogP contribution in [0, 0.1) is 0 Å². The van der Waals surface area contributed by atoms with Gasteiger partial charge in [0, 0.05) is 12.8 Å². The molecule has 0 aromatic carbocycles. The molecular formula is C74H143NO5. The average Bonchev–Trinajstić information content (AvgIpc) is 3.46. The summed E-state index contributed by atoms with van der Waals surface area (Å²) in [4.78, 5) is 24.6. The van der Waals surface area contributed by atoms with Crippen LogP contribution >= 0.6 is 0 Å². The molecule has 0 aliphatic heterocycles. The topological polar surface area (TPSA) is 95.9 Å². The molecule has 3 N–H and O–H groups in total. The lowest BCUT2D eigenvalue weighted by Crippen LogP contribution is -2.45. The standard InChI is InChI=1S/C74H143NO5/c1-3-5-7-9-11-13-15-17-19-21-32-36-40-44-48-52-56-60-64-68-74(79)80-69-65-61-57-53-49-45-41-37-34-31-29-27-25-23-22-24-26-28-30-33-35-39-43-47-51-55-59-63-67-73(78)75-71(70-76)72(77)66-62-58-54-50-46-42-38-20-18-16-14-12-10-8-6-4-2/h17,19,22-23,71-72,76-77H,3-16,18,20-21,24-70H2,1-2H3,(H,75,78)/b19-17-,23-22-. The Bertz CT molecular complexity index is 1250. The van der Waals surface area contributed by atoms with Crippen molar-refractivity contribution < 1.29 is 24.5 Å². The Morgan fingerprint density at radius 1 is 0.338 bits per heavy atom. The van der Waals surface area contributed by atoms with Crippen molar-refractivity contribution in [3.05, 3.63) is 24.3 Å². The Labute approximate surface area is 501 Å². The van der Waals surface area contributed by atoms with E-state index in [-0.39, 0.29) is 18.5 Å². The first-order valence-electron chi connectivity index (χ1n) is 36.6. The highest BCUT2D eigenvalue weighted by Gasteiger charge is 2.20. The van der Waals surface area contributed by atoms with Gasteiger partial charge in [0.05, 0.1) is 25.4 Å². The van der Waals surface area contributed by atoms with Crippen molar-refractivity contribution in [1.82, 2.24) is 5.32 Å². The third-order valence-electron chi connectivity index (χ3n) is 17.2. The Kier molecular flexibility index (Phi) is 68.4. The summed E-state index contributed by atoms with van der Waals surface area (Å²) in [7, 11) is 0. The molecule has 0 aliphatic rings. The van der Waals surface area contributed by atoms with E-state index in [1.807, 2.05) is 0 Å². The Hall–Kier alpha value is -1.66. The van der Waals surface area contributed by atoms with E-state index in [9.17, 15) is 19.8 Å². The number of nitrogens with one attached hydrogen (secondary N) is 1. The molecule has 0 aromatic rings. The number of hydrogen-bond acceptors (Lipinski definition) is 5. The van der Waals surface area contributed by atoms with E-state index in [2.05, 4.69) is 43.5 Å². The largest absolute Gasteiger partial charge is 0.466 e. The van der Waals surface area contributed by atoms with Gasteiger partial charge in [0.1, 0.15) is 0 Å². The van der Waals surface area contributed by atoms with Gasteiger partial charge in [-0.3, -0.25) is 9.59 Å². The zero-order valence-corrected chi connectivity index (χ0v) is 54.3. The van der Waals surface area contributed by atoms with Crippen LogP contribution in [-0.2, 0) is 14.3 Å². The van der Waals surface area contributed by atoms with E-state index in [1.54, 1.807) is 0 Å². The molecule has 0 saturated carbocycles. The maximum atomic E-state index is 12.5. The first-order valence-corrected chi connectivity index (χ1v) is 36.6. The number of hydrogen-bond donors (Lipinski definition) is 3. The monoisotopic (exact) mass is 1130 g/mol. The number of aliphatic hydroxyl groups is 2. The molecule has 0 fully saturated rings. The molecular weight excluding hydrogens is 983 g/mol. The molecule has 0 spiro atoms. The van der Waals surface area contributed by atoms with Gasteiger partial charge in [0.25, 0.3) is 0 Å². The number of carbonyl (C=O) groups excluding carboxylic acids is 2. The molecule has 2 unspecified atom stereocenters. The van der Waals surface area contributed by atoms with Crippen LogP contribution in [0.15, 0.2) is 24.3 Å². The molecule has 0 radical (unpaired) electrons. The number of amides is 1. The van der Waals surface area contributed by atoms with E-state index in [1.165, 1.54) is 340 Å². The lowest BCUT2D eigenvalue weighted by molar-refractivity contribution is -0.143. The van der Waals surface area contributed by atoms with E-state index < -0.39 is 12.1 Å². The van der Waals surface area contributed by atoms with Gasteiger partial charge in [0.2, 0.25) is 5.91 Å². The summed E-state index contributed by atoms with van der Waals surface area (Å²) in [5.41, 5.74) is 0. The SMILES string of the molecule is CCCCCCCC/C=C\CCCCCCCCCCCC(=O)OCCCCCCCCCCCCCC/C=C\CCCCCCCCCCCCCCC(=O)NC(CO)C(O)CCCCCCCCCCCCCCCCCC. The second kappa shape index (κ2) is 69.8. The van der Waals surface area contributed by atoms with Crippen LogP contribution < -0.4 is 5.32 Å². The summed E-state index contributed by atoms with van der Waals surface area (Å²) >= 11 is 0. The van der Waals surface area contributed by atoms with Crippen LogP contribution in [0.25, 0.3) is 0 Å². The number of ether oxygens (including phenoxy) is 1. The smallest absolute Gasteiger partial charge is 0.305 e. The number of esters is 1. The third kappa shape index (κ3) is 65.5. The lowest BCUT2D eigenvalue weighted by atomic mass is 10.0. The summed E-state index contributed by atoms with van der Waals surface area (Å²) in [6.45, 7) is 4.99. The van der Waals surface area contributed by atoms with Crippen molar-refractivity contribution in [2.24, 2.45) is 0 Å². The molecule has 2 atom stereocenters. The summed E-state index contributed by atoms with van der Waals surface area (Å²) in [6, 6.07) is -0.541. The van der Waals surface area contributed by atoms with E-state index in [4.69, 9.17) is 4.74 Å². The summed E-state index contributed by atoms with van der Waals surface area (Å²) in [6.07, 6.45) is 88.1. The minimum Gasteiger partial charge on any atom is -0.466 e. The second-order valence-corrected chi connectivity index (χ2v) is 25.3. The number of carbonyl (C=O) groups is 2. The summed E-state index contributed by atoms with van der Waals surface area (Å²) in [5.74, 6) is -0.0153. The van der Waals surface area contributed by atoms with Crippen molar-refractivity contribution in [2.45, 2.75) is 424 Å². The normalized spacial score (nSPS) is 12.6. The highest BCUT2D eigenvalue weighted by atomic mass is 16.5. The van der Waals surface area contributed by atoms with Crippen molar-refractivity contribution in [2.75, 3.05) is 13.2 Å². The molecule has 0 bridgehead atoms. The van der Waals surface area contributed by atoms with Gasteiger partial charge < -0.3 is 20.3 Å². The number of aliphatic hydroxyl groups excluding tert-OH is 2. The predicted molar refractivity (Wildman–Crippen MR) is 352 cm³/mol. The van der Waals surface area contributed by atoms with Crippen LogP contribution in [0.1, 0.15) is 412 Å². The van der Waals surface area contributed by atoms with Gasteiger partial charge in [-0.1, -0.05) is 346 Å².